The summed E-state index contributed by atoms with van der Waals surface area (Å²) in [5.41, 5.74) is 2.14. The molecule has 2 aromatic heterocycles. The number of aryl methyl sites for hydroxylation is 2. The van der Waals surface area contributed by atoms with Crippen molar-refractivity contribution in [3.8, 4) is 5.69 Å². The number of rotatable bonds is 4. The van der Waals surface area contributed by atoms with Crippen molar-refractivity contribution in [1.29, 1.82) is 0 Å². The fourth-order valence-electron chi connectivity index (χ4n) is 4.40. The van der Waals surface area contributed by atoms with E-state index in [1.54, 1.807) is 7.05 Å². The van der Waals surface area contributed by atoms with Gasteiger partial charge in [0.1, 0.15) is 11.0 Å². The Hall–Kier alpha value is -3.39. The van der Waals surface area contributed by atoms with Crippen molar-refractivity contribution in [2.75, 3.05) is 11.9 Å². The number of para-hydroxylation sites is 1. The van der Waals surface area contributed by atoms with Crippen LogP contribution in [0.2, 0.25) is 0 Å². The first-order valence-electron chi connectivity index (χ1n) is 10.8. The zero-order valence-electron chi connectivity index (χ0n) is 18.6. The van der Waals surface area contributed by atoms with Gasteiger partial charge < -0.3 is 4.90 Å². The third kappa shape index (κ3) is 3.45. The van der Waals surface area contributed by atoms with Crippen LogP contribution in [0.5, 0.6) is 0 Å². The lowest BCUT2D eigenvalue weighted by atomic mass is 10.1. The van der Waals surface area contributed by atoms with Gasteiger partial charge in [-0.2, -0.15) is 0 Å². The van der Waals surface area contributed by atoms with Gasteiger partial charge in [0.2, 0.25) is 0 Å². The minimum Gasteiger partial charge on any atom is -0.343 e. The fourth-order valence-corrected chi connectivity index (χ4v) is 4.87. The summed E-state index contributed by atoms with van der Waals surface area (Å²) >= 11 is 3.49. The summed E-state index contributed by atoms with van der Waals surface area (Å²) in [6, 6.07) is 16.3. The molecule has 0 N–H and O–H groups in total. The van der Waals surface area contributed by atoms with Crippen LogP contribution in [0.15, 0.2) is 73.5 Å². The van der Waals surface area contributed by atoms with Crippen molar-refractivity contribution in [2.45, 2.75) is 25.8 Å². The molecule has 2 aromatic carbocycles. The Morgan fingerprint density at radius 2 is 1.67 bits per heavy atom. The summed E-state index contributed by atoms with van der Waals surface area (Å²) < 4.78 is 5.17. The van der Waals surface area contributed by atoms with Crippen molar-refractivity contribution >= 4 is 38.3 Å². The van der Waals surface area contributed by atoms with E-state index in [2.05, 4.69) is 15.9 Å². The van der Waals surface area contributed by atoms with Crippen molar-refractivity contribution in [3.05, 3.63) is 95.8 Å². The molecule has 1 aliphatic rings. The fraction of sp³-hybridized carbons (Fsp3) is 0.240. The molecule has 33 heavy (non-hydrogen) atoms. The smallest absolute Gasteiger partial charge is 0.337 e. The third-order valence-electron chi connectivity index (χ3n) is 6.24. The second kappa shape index (κ2) is 7.88. The molecule has 5 rings (SSSR count). The number of aromatic nitrogens is 3. The SMILES string of the molecule is Cc1cc(Br)ccc1N(C)c1cc(=O)n(C)c2c1c(=O)n(C1CC1)c(=O)n2-c1ccccc1. The molecule has 0 atom stereocenters. The lowest BCUT2D eigenvalue weighted by Crippen LogP contribution is -2.41. The quantitative estimate of drug-likeness (QED) is 0.419. The average molecular weight is 507 g/mol. The minimum absolute atomic E-state index is 0.117. The maximum Gasteiger partial charge on any atom is 0.337 e. The van der Waals surface area contributed by atoms with E-state index in [-0.39, 0.29) is 22.8 Å². The molecule has 0 unspecified atom stereocenters. The van der Waals surface area contributed by atoms with E-state index in [1.165, 1.54) is 19.8 Å². The van der Waals surface area contributed by atoms with Crippen molar-refractivity contribution in [3.63, 3.8) is 0 Å². The summed E-state index contributed by atoms with van der Waals surface area (Å²) in [6.45, 7) is 1.97. The van der Waals surface area contributed by atoms with Crippen LogP contribution in [0.25, 0.3) is 16.7 Å². The van der Waals surface area contributed by atoms with E-state index in [0.717, 1.165) is 28.6 Å². The standard InChI is InChI=1S/C25H23BrN4O3/c1-15-13-16(26)9-12-19(15)27(2)20-14-21(31)28(3)23-22(20)24(32)30(18-10-11-18)25(33)29(23)17-7-5-4-6-8-17/h4-9,12-14,18H,10-11H2,1-3H3. The molecule has 0 aliphatic heterocycles. The van der Waals surface area contributed by atoms with Crippen molar-refractivity contribution < 1.29 is 0 Å². The number of hydrogen-bond donors (Lipinski definition) is 0. The van der Waals surface area contributed by atoms with Gasteiger partial charge >= 0.3 is 5.69 Å². The Morgan fingerprint density at radius 1 is 0.970 bits per heavy atom. The van der Waals surface area contributed by atoms with Gasteiger partial charge in [-0.15, -0.1) is 0 Å². The predicted octanol–water partition coefficient (Wildman–Crippen LogP) is 4.02. The first-order chi connectivity index (χ1) is 15.8. The van der Waals surface area contributed by atoms with Gasteiger partial charge in [-0.05, 0) is 55.7 Å². The van der Waals surface area contributed by atoms with E-state index < -0.39 is 5.69 Å². The largest absolute Gasteiger partial charge is 0.343 e. The van der Waals surface area contributed by atoms with Crippen LogP contribution in [0, 0.1) is 6.92 Å². The number of hydrogen-bond acceptors (Lipinski definition) is 4. The molecular formula is C25H23BrN4O3. The number of fused-ring (bicyclic) bond motifs is 1. The van der Waals surface area contributed by atoms with E-state index >= 15 is 0 Å². The summed E-state index contributed by atoms with van der Waals surface area (Å²) in [4.78, 5) is 42.3. The first-order valence-corrected chi connectivity index (χ1v) is 11.6. The van der Waals surface area contributed by atoms with Gasteiger partial charge in [-0.25, -0.2) is 9.36 Å². The Morgan fingerprint density at radius 3 is 2.30 bits per heavy atom. The highest BCUT2D eigenvalue weighted by Crippen LogP contribution is 2.35. The van der Waals surface area contributed by atoms with E-state index in [4.69, 9.17) is 0 Å². The zero-order chi connectivity index (χ0) is 23.4. The van der Waals surface area contributed by atoms with Gasteiger partial charge in [0.05, 0.1) is 11.4 Å². The highest BCUT2D eigenvalue weighted by Gasteiger charge is 2.31. The summed E-state index contributed by atoms with van der Waals surface area (Å²) in [6.07, 6.45) is 1.58. The van der Waals surface area contributed by atoms with Gasteiger partial charge in [-0.3, -0.25) is 18.7 Å². The third-order valence-corrected chi connectivity index (χ3v) is 6.73. The molecule has 1 saturated carbocycles. The van der Waals surface area contributed by atoms with Crippen LogP contribution in [-0.2, 0) is 7.05 Å². The molecule has 0 spiro atoms. The van der Waals surface area contributed by atoms with Crippen LogP contribution in [0.3, 0.4) is 0 Å². The molecule has 1 fully saturated rings. The number of pyridine rings is 1. The second-order valence-corrected chi connectivity index (χ2v) is 9.39. The number of nitrogens with zero attached hydrogens (tertiary/aromatic N) is 4. The van der Waals surface area contributed by atoms with Crippen LogP contribution in [0.1, 0.15) is 24.4 Å². The molecule has 0 radical (unpaired) electrons. The maximum atomic E-state index is 13.8. The van der Waals surface area contributed by atoms with Crippen LogP contribution < -0.4 is 21.7 Å². The Labute approximate surface area is 198 Å². The van der Waals surface area contributed by atoms with E-state index in [1.807, 2.05) is 67.4 Å². The maximum absolute atomic E-state index is 13.8. The number of anilines is 2. The van der Waals surface area contributed by atoms with Gasteiger partial charge in [-0.1, -0.05) is 34.1 Å². The van der Waals surface area contributed by atoms with Crippen LogP contribution in [0.4, 0.5) is 11.4 Å². The normalized spacial score (nSPS) is 13.5. The lowest BCUT2D eigenvalue weighted by molar-refractivity contribution is 0.637. The Bertz CT molecular complexity index is 1580. The molecule has 1 aliphatic carbocycles. The average Bonchev–Trinajstić information content (AvgIpc) is 3.61. The predicted molar refractivity (Wildman–Crippen MR) is 134 cm³/mol. The highest BCUT2D eigenvalue weighted by molar-refractivity contribution is 9.10. The molecule has 0 saturated heterocycles. The lowest BCUT2D eigenvalue weighted by Gasteiger charge is -2.25. The second-order valence-electron chi connectivity index (χ2n) is 8.48. The highest BCUT2D eigenvalue weighted by atomic mass is 79.9. The van der Waals surface area contributed by atoms with Gasteiger partial charge in [0.25, 0.3) is 11.1 Å². The van der Waals surface area contributed by atoms with Crippen LogP contribution in [-0.4, -0.2) is 20.7 Å². The molecule has 0 bridgehead atoms. The first kappa shape index (κ1) is 21.5. The minimum atomic E-state index is -0.421. The van der Waals surface area contributed by atoms with Crippen LogP contribution >= 0.6 is 15.9 Å². The molecule has 168 valence electrons. The van der Waals surface area contributed by atoms with E-state index in [0.29, 0.717) is 16.8 Å². The monoisotopic (exact) mass is 506 g/mol. The van der Waals surface area contributed by atoms with Gasteiger partial charge in [0.15, 0.2) is 0 Å². The van der Waals surface area contributed by atoms with Crippen molar-refractivity contribution in [1.82, 2.24) is 13.7 Å². The molecule has 7 nitrogen and oxygen atoms in total. The summed E-state index contributed by atoms with van der Waals surface area (Å²) in [7, 11) is 3.43. The summed E-state index contributed by atoms with van der Waals surface area (Å²) in [5.74, 6) is 0. The van der Waals surface area contributed by atoms with Crippen molar-refractivity contribution in [2.24, 2.45) is 7.05 Å². The number of halogens is 1. The number of benzene rings is 2. The Balaban J connectivity index is 1.95. The van der Waals surface area contributed by atoms with Gasteiger partial charge in [0, 0.05) is 36.4 Å². The molecule has 8 heteroatoms. The molecule has 0 amide bonds. The van der Waals surface area contributed by atoms with E-state index in [9.17, 15) is 14.4 Å². The zero-order valence-corrected chi connectivity index (χ0v) is 20.2. The molecular weight excluding hydrogens is 484 g/mol. The Kier molecular flexibility index (Phi) is 5.12. The molecule has 4 aromatic rings. The summed E-state index contributed by atoms with van der Waals surface area (Å²) in [5, 5.41) is 0.345. The molecule has 2 heterocycles. The topological polar surface area (TPSA) is 69.2 Å².